The number of Topliss-reactive ketones (excluding diaryl/α,β-unsaturated/α-hetero) is 1. The van der Waals surface area contributed by atoms with Gasteiger partial charge in [-0.2, -0.15) is 0 Å². The van der Waals surface area contributed by atoms with Crippen LogP contribution in [0, 0.1) is 13.8 Å². The van der Waals surface area contributed by atoms with E-state index in [0.717, 1.165) is 23.4 Å². The van der Waals surface area contributed by atoms with Crippen LogP contribution in [0.2, 0.25) is 5.02 Å². The predicted molar refractivity (Wildman–Crippen MR) is 99.7 cm³/mol. The Morgan fingerprint density at radius 2 is 1.69 bits per heavy atom. The fourth-order valence-corrected chi connectivity index (χ4v) is 3.23. The average molecular weight is 395 g/mol. The zero-order valence-electron chi connectivity index (χ0n) is 14.9. The molecule has 0 aliphatic carbocycles. The lowest BCUT2D eigenvalue weighted by Gasteiger charge is -2.15. The monoisotopic (exact) mass is 394 g/mol. The second-order valence-corrected chi connectivity index (χ2v) is 8.57. The second-order valence-electron chi connectivity index (χ2n) is 6.14. The number of hydrogen-bond acceptors (Lipinski definition) is 5. The Hall–Kier alpha value is -2.18. The number of hydrogen-bond donors (Lipinski definition) is 0. The van der Waals surface area contributed by atoms with Gasteiger partial charge >= 0.3 is 5.97 Å². The standard InChI is InChI=1S/C19H19ClO5S/c1-11-5-6-12(2)15(9-11)18(21)13(3)25-19(22)16-10-14(26(4,23)24)7-8-17(16)20/h5-10,13H,1-4H3/t13-/m0/s1. The van der Waals surface area contributed by atoms with Gasteiger partial charge in [-0.3, -0.25) is 4.79 Å². The van der Waals surface area contributed by atoms with Crippen LogP contribution >= 0.6 is 11.6 Å². The molecule has 138 valence electrons. The van der Waals surface area contributed by atoms with E-state index < -0.39 is 21.9 Å². The number of carbonyl (C=O) groups is 2. The van der Waals surface area contributed by atoms with Crippen molar-refractivity contribution in [2.75, 3.05) is 6.26 Å². The van der Waals surface area contributed by atoms with Gasteiger partial charge in [0.05, 0.1) is 15.5 Å². The molecule has 0 saturated carbocycles. The van der Waals surface area contributed by atoms with Crippen molar-refractivity contribution in [3.8, 4) is 0 Å². The first kappa shape index (κ1) is 20.1. The van der Waals surface area contributed by atoms with Crippen molar-refractivity contribution in [1.29, 1.82) is 0 Å². The topological polar surface area (TPSA) is 77.5 Å². The van der Waals surface area contributed by atoms with Gasteiger partial charge in [-0.1, -0.05) is 29.3 Å². The zero-order valence-corrected chi connectivity index (χ0v) is 16.4. The minimum Gasteiger partial charge on any atom is -0.451 e. The summed E-state index contributed by atoms with van der Waals surface area (Å²) in [6.07, 6.45) is -0.0150. The molecule has 2 rings (SSSR count). The molecule has 0 radical (unpaired) electrons. The summed E-state index contributed by atoms with van der Waals surface area (Å²) < 4.78 is 28.5. The molecule has 2 aromatic rings. The lowest BCUT2D eigenvalue weighted by atomic mass is 9.99. The Balaban J connectivity index is 2.27. The average Bonchev–Trinajstić information content (AvgIpc) is 2.55. The summed E-state index contributed by atoms with van der Waals surface area (Å²) in [6, 6.07) is 9.21. The molecular weight excluding hydrogens is 376 g/mol. The highest BCUT2D eigenvalue weighted by molar-refractivity contribution is 7.90. The SMILES string of the molecule is Cc1ccc(C)c(C(=O)[C@H](C)OC(=O)c2cc(S(C)(=O)=O)ccc2Cl)c1. The van der Waals surface area contributed by atoms with Crippen molar-refractivity contribution >= 4 is 33.2 Å². The van der Waals surface area contributed by atoms with E-state index in [9.17, 15) is 18.0 Å². The van der Waals surface area contributed by atoms with Gasteiger partial charge in [-0.15, -0.1) is 0 Å². The molecule has 0 aromatic heterocycles. The van der Waals surface area contributed by atoms with Crippen molar-refractivity contribution in [2.24, 2.45) is 0 Å². The van der Waals surface area contributed by atoms with Gasteiger partial charge in [0, 0.05) is 11.8 Å². The third kappa shape index (κ3) is 4.51. The Bertz CT molecular complexity index is 979. The molecule has 5 nitrogen and oxygen atoms in total. The van der Waals surface area contributed by atoms with Gasteiger partial charge in [0.2, 0.25) is 5.78 Å². The summed E-state index contributed by atoms with van der Waals surface area (Å²) in [4.78, 5) is 24.9. The van der Waals surface area contributed by atoms with E-state index >= 15 is 0 Å². The molecule has 1 atom stereocenters. The van der Waals surface area contributed by atoms with E-state index in [2.05, 4.69) is 0 Å². The molecule has 7 heteroatoms. The van der Waals surface area contributed by atoms with Gasteiger partial charge in [-0.05, 0) is 50.6 Å². The van der Waals surface area contributed by atoms with Crippen molar-refractivity contribution in [2.45, 2.75) is 31.8 Å². The third-order valence-corrected chi connectivity index (χ3v) is 5.34. The minimum absolute atomic E-state index is 0.0498. The number of ether oxygens (including phenoxy) is 1. The fraction of sp³-hybridized carbons (Fsp3) is 0.263. The lowest BCUT2D eigenvalue weighted by molar-refractivity contribution is 0.0318. The second kappa shape index (κ2) is 7.60. The van der Waals surface area contributed by atoms with Crippen molar-refractivity contribution in [3.05, 3.63) is 63.7 Å². The van der Waals surface area contributed by atoms with Gasteiger partial charge < -0.3 is 4.74 Å². The van der Waals surface area contributed by atoms with Crippen molar-refractivity contribution < 1.29 is 22.7 Å². The third-order valence-electron chi connectivity index (χ3n) is 3.90. The van der Waals surface area contributed by atoms with Crippen LogP contribution in [-0.2, 0) is 14.6 Å². The fourth-order valence-electron chi connectivity index (χ4n) is 2.39. The minimum atomic E-state index is -3.51. The highest BCUT2D eigenvalue weighted by Crippen LogP contribution is 2.22. The molecule has 0 fully saturated rings. The first-order valence-electron chi connectivity index (χ1n) is 7.82. The molecule has 26 heavy (non-hydrogen) atoms. The summed E-state index contributed by atoms with van der Waals surface area (Å²) in [5.41, 5.74) is 2.07. The van der Waals surface area contributed by atoms with E-state index in [-0.39, 0.29) is 21.3 Å². The maximum absolute atomic E-state index is 12.6. The zero-order chi connectivity index (χ0) is 19.6. The van der Waals surface area contributed by atoms with Crippen LogP contribution < -0.4 is 0 Å². The quantitative estimate of drug-likeness (QED) is 0.569. The highest BCUT2D eigenvalue weighted by atomic mass is 35.5. The number of ketones is 1. The molecule has 0 saturated heterocycles. The Morgan fingerprint density at radius 3 is 2.31 bits per heavy atom. The Morgan fingerprint density at radius 1 is 1.04 bits per heavy atom. The summed E-state index contributed by atoms with van der Waals surface area (Å²) in [7, 11) is -3.51. The Kier molecular flexibility index (Phi) is 5.88. The number of carbonyl (C=O) groups excluding carboxylic acids is 2. The molecule has 2 aromatic carbocycles. The van der Waals surface area contributed by atoms with Crippen LogP contribution in [0.1, 0.15) is 38.8 Å². The van der Waals surface area contributed by atoms with Gasteiger partial charge in [-0.25, -0.2) is 13.2 Å². The smallest absolute Gasteiger partial charge is 0.340 e. The van der Waals surface area contributed by atoms with Crippen LogP contribution in [0.5, 0.6) is 0 Å². The number of esters is 1. The normalized spacial score (nSPS) is 12.5. The molecular formula is C19H19ClO5S. The maximum atomic E-state index is 12.6. The lowest BCUT2D eigenvalue weighted by Crippen LogP contribution is -2.25. The summed E-state index contributed by atoms with van der Waals surface area (Å²) in [5.74, 6) is -1.19. The first-order valence-corrected chi connectivity index (χ1v) is 10.1. The molecule has 0 aliphatic heterocycles. The van der Waals surface area contributed by atoms with E-state index in [1.807, 2.05) is 19.1 Å². The number of sulfone groups is 1. The Labute approximate surface area is 157 Å². The summed E-state index contributed by atoms with van der Waals surface area (Å²) >= 11 is 5.99. The van der Waals surface area contributed by atoms with Gasteiger partial charge in [0.1, 0.15) is 0 Å². The number of benzene rings is 2. The van der Waals surface area contributed by atoms with E-state index in [1.54, 1.807) is 13.0 Å². The van der Waals surface area contributed by atoms with Crippen LogP contribution in [0.15, 0.2) is 41.3 Å². The van der Waals surface area contributed by atoms with E-state index in [1.165, 1.54) is 19.1 Å². The first-order chi connectivity index (χ1) is 12.0. The molecule has 0 spiro atoms. The van der Waals surface area contributed by atoms with Crippen molar-refractivity contribution in [1.82, 2.24) is 0 Å². The van der Waals surface area contributed by atoms with Crippen LogP contribution in [0.3, 0.4) is 0 Å². The highest BCUT2D eigenvalue weighted by Gasteiger charge is 2.24. The molecule has 0 N–H and O–H groups in total. The molecule has 0 unspecified atom stereocenters. The largest absolute Gasteiger partial charge is 0.451 e. The maximum Gasteiger partial charge on any atom is 0.340 e. The van der Waals surface area contributed by atoms with Crippen molar-refractivity contribution in [3.63, 3.8) is 0 Å². The van der Waals surface area contributed by atoms with E-state index in [4.69, 9.17) is 16.3 Å². The molecule has 0 bridgehead atoms. The number of rotatable bonds is 5. The number of halogens is 1. The van der Waals surface area contributed by atoms with Crippen LogP contribution in [0.4, 0.5) is 0 Å². The van der Waals surface area contributed by atoms with Crippen LogP contribution in [0.25, 0.3) is 0 Å². The number of aryl methyl sites for hydroxylation is 2. The molecule has 0 heterocycles. The van der Waals surface area contributed by atoms with Gasteiger partial charge in [0.15, 0.2) is 15.9 Å². The molecule has 0 amide bonds. The van der Waals surface area contributed by atoms with Crippen LogP contribution in [-0.4, -0.2) is 32.5 Å². The summed E-state index contributed by atoms with van der Waals surface area (Å²) in [5, 5.41) is 0.0498. The molecule has 0 aliphatic rings. The predicted octanol–water partition coefficient (Wildman–Crippen LogP) is 3.79. The van der Waals surface area contributed by atoms with Gasteiger partial charge in [0.25, 0.3) is 0 Å². The summed E-state index contributed by atoms with van der Waals surface area (Å²) in [6.45, 7) is 5.13. The van der Waals surface area contributed by atoms with E-state index in [0.29, 0.717) is 5.56 Å².